The molecule has 0 heterocycles. The van der Waals surface area contributed by atoms with Gasteiger partial charge in [0, 0.05) is 0 Å². The highest BCUT2D eigenvalue weighted by atomic mass is 16.5. The van der Waals surface area contributed by atoms with Crippen LogP contribution in [0.1, 0.15) is 18.4 Å². The lowest BCUT2D eigenvalue weighted by Gasteiger charge is -2.23. The van der Waals surface area contributed by atoms with E-state index in [2.05, 4.69) is 0 Å². The van der Waals surface area contributed by atoms with Crippen molar-refractivity contribution in [1.82, 2.24) is 0 Å². The number of carboxylic acids is 1. The van der Waals surface area contributed by atoms with Gasteiger partial charge in [0.05, 0.1) is 11.8 Å². The van der Waals surface area contributed by atoms with Gasteiger partial charge in [-0.25, -0.2) is 0 Å². The van der Waals surface area contributed by atoms with Crippen molar-refractivity contribution >= 4 is 11.9 Å². The van der Waals surface area contributed by atoms with Gasteiger partial charge in [0.15, 0.2) is 0 Å². The molecule has 0 aromatic heterocycles. The Hall–Kier alpha value is -2.10. The maximum absolute atomic E-state index is 12.0. The Balaban J connectivity index is 1.95. The Morgan fingerprint density at radius 2 is 1.74 bits per heavy atom. The molecule has 19 heavy (non-hydrogen) atoms. The first-order chi connectivity index (χ1) is 9.18. The molecule has 4 nitrogen and oxygen atoms in total. The quantitative estimate of drug-likeness (QED) is 0.667. The number of hydrogen-bond donors (Lipinski definition) is 1. The lowest BCUT2D eigenvalue weighted by Crippen LogP contribution is -2.32. The van der Waals surface area contributed by atoms with Crippen molar-refractivity contribution in [2.75, 3.05) is 0 Å². The van der Waals surface area contributed by atoms with Crippen LogP contribution >= 0.6 is 0 Å². The molecule has 0 unspecified atom stereocenters. The molecule has 0 aliphatic heterocycles. The van der Waals surface area contributed by atoms with E-state index in [-0.39, 0.29) is 6.61 Å². The molecule has 1 aromatic carbocycles. The number of ether oxygens (including phenoxy) is 1. The van der Waals surface area contributed by atoms with Gasteiger partial charge < -0.3 is 9.84 Å². The molecule has 0 radical (unpaired) electrons. The molecule has 0 saturated carbocycles. The summed E-state index contributed by atoms with van der Waals surface area (Å²) in [5, 5.41) is 9.10. The van der Waals surface area contributed by atoms with Gasteiger partial charge in [0.2, 0.25) is 0 Å². The fourth-order valence-electron chi connectivity index (χ4n) is 2.18. The Morgan fingerprint density at radius 3 is 2.37 bits per heavy atom. The van der Waals surface area contributed by atoms with Crippen LogP contribution in [0.2, 0.25) is 0 Å². The van der Waals surface area contributed by atoms with Gasteiger partial charge in [-0.1, -0.05) is 42.5 Å². The van der Waals surface area contributed by atoms with Crippen molar-refractivity contribution < 1.29 is 19.4 Å². The van der Waals surface area contributed by atoms with Gasteiger partial charge in [-0.2, -0.15) is 0 Å². The van der Waals surface area contributed by atoms with Crippen LogP contribution in [0.15, 0.2) is 42.5 Å². The van der Waals surface area contributed by atoms with Crippen molar-refractivity contribution in [3.63, 3.8) is 0 Å². The largest absolute Gasteiger partial charge is 0.481 e. The molecule has 1 N–H and O–H groups in total. The number of hydrogen-bond acceptors (Lipinski definition) is 3. The van der Waals surface area contributed by atoms with Gasteiger partial charge >= 0.3 is 11.9 Å². The van der Waals surface area contributed by atoms with Gasteiger partial charge in [-0.15, -0.1) is 0 Å². The average molecular weight is 260 g/mol. The number of carbonyl (C=O) groups is 2. The van der Waals surface area contributed by atoms with E-state index in [1.807, 2.05) is 36.4 Å². The van der Waals surface area contributed by atoms with Crippen LogP contribution in [0, 0.1) is 11.8 Å². The number of allylic oxidation sites excluding steroid dienone is 2. The Morgan fingerprint density at radius 1 is 1.11 bits per heavy atom. The third kappa shape index (κ3) is 3.44. The first kappa shape index (κ1) is 13.3. The maximum Gasteiger partial charge on any atom is 0.310 e. The molecule has 0 fully saturated rings. The van der Waals surface area contributed by atoms with Crippen LogP contribution in [0.25, 0.3) is 0 Å². The number of carboxylic acid groups (broad SMARTS) is 1. The second-order valence-electron chi connectivity index (χ2n) is 4.59. The number of benzene rings is 1. The molecule has 100 valence electrons. The molecule has 1 aliphatic carbocycles. The SMILES string of the molecule is O=C(OCc1ccccc1)[C@H]1CC=CC[C@H]1C(=O)O. The molecule has 4 heteroatoms. The number of carbonyl (C=O) groups excluding carboxylic acids is 1. The van der Waals surface area contributed by atoms with E-state index in [0.717, 1.165) is 5.56 Å². The summed E-state index contributed by atoms with van der Waals surface area (Å²) in [6.07, 6.45) is 4.47. The number of rotatable bonds is 4. The second-order valence-corrected chi connectivity index (χ2v) is 4.59. The predicted octanol–water partition coefficient (Wildman–Crippen LogP) is 2.40. The zero-order valence-corrected chi connectivity index (χ0v) is 10.5. The molecule has 1 aromatic rings. The number of aliphatic carboxylic acids is 1. The Kier molecular flexibility index (Phi) is 4.34. The molecule has 0 saturated heterocycles. The fourth-order valence-corrected chi connectivity index (χ4v) is 2.18. The Bertz CT molecular complexity index is 478. The van der Waals surface area contributed by atoms with E-state index in [0.29, 0.717) is 12.8 Å². The topological polar surface area (TPSA) is 63.6 Å². The minimum atomic E-state index is -0.939. The Labute approximate surface area is 111 Å². The number of esters is 1. The molecule has 0 spiro atoms. The third-order valence-electron chi connectivity index (χ3n) is 3.28. The van der Waals surface area contributed by atoms with E-state index in [4.69, 9.17) is 9.84 Å². The third-order valence-corrected chi connectivity index (χ3v) is 3.28. The minimum Gasteiger partial charge on any atom is -0.481 e. The molecule has 1 aliphatic rings. The molecular weight excluding hydrogens is 244 g/mol. The van der Waals surface area contributed by atoms with Crippen LogP contribution in [-0.2, 0) is 20.9 Å². The predicted molar refractivity (Wildman–Crippen MR) is 69.2 cm³/mol. The normalized spacial score (nSPS) is 21.9. The first-order valence-electron chi connectivity index (χ1n) is 6.27. The molecule has 0 bridgehead atoms. The van der Waals surface area contributed by atoms with Crippen LogP contribution in [-0.4, -0.2) is 17.0 Å². The van der Waals surface area contributed by atoms with E-state index in [1.54, 1.807) is 6.08 Å². The van der Waals surface area contributed by atoms with E-state index < -0.39 is 23.8 Å². The molecule has 0 amide bonds. The standard InChI is InChI=1S/C15H16O4/c16-14(17)12-8-4-5-9-13(12)15(18)19-10-11-6-2-1-3-7-11/h1-7,12-13H,8-10H2,(H,16,17)/t12-,13+/m1/s1. The highest BCUT2D eigenvalue weighted by Crippen LogP contribution is 2.27. The summed E-state index contributed by atoms with van der Waals surface area (Å²) in [5.41, 5.74) is 0.897. The summed E-state index contributed by atoms with van der Waals surface area (Å²) in [4.78, 5) is 23.1. The van der Waals surface area contributed by atoms with Crippen molar-refractivity contribution in [3.05, 3.63) is 48.0 Å². The van der Waals surface area contributed by atoms with E-state index in [1.165, 1.54) is 0 Å². The highest BCUT2D eigenvalue weighted by molar-refractivity contribution is 5.81. The molecule has 2 rings (SSSR count). The summed E-state index contributed by atoms with van der Waals surface area (Å²) in [7, 11) is 0. The summed E-state index contributed by atoms with van der Waals surface area (Å²) >= 11 is 0. The van der Waals surface area contributed by atoms with E-state index in [9.17, 15) is 9.59 Å². The molecular formula is C15H16O4. The smallest absolute Gasteiger partial charge is 0.310 e. The van der Waals surface area contributed by atoms with Crippen LogP contribution in [0.4, 0.5) is 0 Å². The van der Waals surface area contributed by atoms with Crippen molar-refractivity contribution in [2.24, 2.45) is 11.8 Å². The van der Waals surface area contributed by atoms with E-state index >= 15 is 0 Å². The summed E-state index contributed by atoms with van der Waals surface area (Å²) in [6.45, 7) is 0.187. The fraction of sp³-hybridized carbons (Fsp3) is 0.333. The van der Waals surface area contributed by atoms with Crippen molar-refractivity contribution in [1.29, 1.82) is 0 Å². The van der Waals surface area contributed by atoms with Crippen molar-refractivity contribution in [2.45, 2.75) is 19.4 Å². The van der Waals surface area contributed by atoms with Gasteiger partial charge in [0.1, 0.15) is 6.61 Å². The van der Waals surface area contributed by atoms with Gasteiger partial charge in [0.25, 0.3) is 0 Å². The highest BCUT2D eigenvalue weighted by Gasteiger charge is 2.34. The van der Waals surface area contributed by atoms with Crippen molar-refractivity contribution in [3.8, 4) is 0 Å². The summed E-state index contributed by atoms with van der Waals surface area (Å²) in [5.74, 6) is -2.62. The second kappa shape index (κ2) is 6.18. The zero-order valence-electron chi connectivity index (χ0n) is 10.5. The van der Waals surface area contributed by atoms with Crippen LogP contribution < -0.4 is 0 Å². The monoisotopic (exact) mass is 260 g/mol. The van der Waals surface area contributed by atoms with Crippen LogP contribution in [0.5, 0.6) is 0 Å². The minimum absolute atomic E-state index is 0.187. The lowest BCUT2D eigenvalue weighted by molar-refractivity contribution is -0.158. The summed E-state index contributed by atoms with van der Waals surface area (Å²) in [6, 6.07) is 9.35. The van der Waals surface area contributed by atoms with Gasteiger partial charge in [-0.05, 0) is 18.4 Å². The first-order valence-corrected chi connectivity index (χ1v) is 6.27. The zero-order chi connectivity index (χ0) is 13.7. The molecule has 2 atom stereocenters. The summed E-state index contributed by atoms with van der Waals surface area (Å²) < 4.78 is 5.21. The lowest BCUT2D eigenvalue weighted by atomic mass is 9.83. The van der Waals surface area contributed by atoms with Gasteiger partial charge in [-0.3, -0.25) is 9.59 Å². The maximum atomic E-state index is 12.0. The average Bonchev–Trinajstić information content (AvgIpc) is 2.46. The van der Waals surface area contributed by atoms with Crippen LogP contribution in [0.3, 0.4) is 0 Å².